The van der Waals surface area contributed by atoms with E-state index in [0.29, 0.717) is 41.8 Å². The summed E-state index contributed by atoms with van der Waals surface area (Å²) in [5.74, 6) is -1.41. The first kappa shape index (κ1) is 34.4. The van der Waals surface area contributed by atoms with Gasteiger partial charge in [0, 0.05) is 43.9 Å². The van der Waals surface area contributed by atoms with Crippen molar-refractivity contribution in [1.82, 2.24) is 0 Å². The van der Waals surface area contributed by atoms with Crippen molar-refractivity contribution < 1.29 is 39.1 Å². The van der Waals surface area contributed by atoms with E-state index in [1.54, 1.807) is 38.2 Å². The number of anilines is 2. The number of allylic oxidation sites excluding steroid dienone is 2. The molecule has 0 aliphatic carbocycles. The second kappa shape index (κ2) is 16.0. The summed E-state index contributed by atoms with van der Waals surface area (Å²) in [5.41, 5.74) is 7.01. The fourth-order valence-electron chi connectivity index (χ4n) is 4.98. The van der Waals surface area contributed by atoms with Crippen molar-refractivity contribution >= 4 is 23.4 Å². The van der Waals surface area contributed by atoms with E-state index < -0.39 is 42.3 Å². The van der Waals surface area contributed by atoms with E-state index in [4.69, 9.17) is 19.9 Å². The molecule has 11 heteroatoms. The minimum absolute atomic E-state index is 0.0416. The number of nitrogens with one attached hydrogen (secondary N) is 2. The highest BCUT2D eigenvalue weighted by Crippen LogP contribution is 2.42. The van der Waals surface area contributed by atoms with Crippen molar-refractivity contribution in [3.05, 3.63) is 59.7 Å². The van der Waals surface area contributed by atoms with Gasteiger partial charge in [0.05, 0.1) is 23.6 Å². The van der Waals surface area contributed by atoms with Crippen molar-refractivity contribution in [2.75, 3.05) is 31.4 Å². The Kier molecular flexibility index (Phi) is 13.1. The number of ether oxygens (including phenoxy) is 3. The number of primary amides is 1. The molecule has 6 atom stereocenters. The van der Waals surface area contributed by atoms with E-state index in [0.717, 1.165) is 0 Å². The van der Waals surface area contributed by atoms with Gasteiger partial charge in [-0.25, -0.2) is 4.79 Å². The highest BCUT2D eigenvalue weighted by molar-refractivity contribution is 6.04. The molecule has 1 aliphatic rings. The molecule has 232 valence electrons. The van der Waals surface area contributed by atoms with Crippen molar-refractivity contribution in [2.45, 2.75) is 65.0 Å². The van der Waals surface area contributed by atoms with Crippen LogP contribution in [0.25, 0.3) is 0 Å². The van der Waals surface area contributed by atoms with E-state index in [-0.39, 0.29) is 23.1 Å². The van der Waals surface area contributed by atoms with Crippen LogP contribution in [0.3, 0.4) is 0 Å². The number of carbonyl (C=O) groups is 2. The normalized spacial score (nSPS) is 26.0. The second-order valence-electron chi connectivity index (χ2n) is 10.6. The summed E-state index contributed by atoms with van der Waals surface area (Å²) >= 11 is 0. The molecule has 0 saturated carbocycles. The molecule has 2 bridgehead atoms. The van der Waals surface area contributed by atoms with Crippen LogP contribution in [0, 0.1) is 11.8 Å². The molecule has 11 nitrogen and oxygen atoms in total. The third-order valence-corrected chi connectivity index (χ3v) is 7.25. The topological polar surface area (TPSA) is 173 Å². The van der Waals surface area contributed by atoms with Crippen LogP contribution >= 0.6 is 0 Å². The summed E-state index contributed by atoms with van der Waals surface area (Å²) in [6.45, 7) is 11.1. The number of carbonyl (C=O) groups excluding carboxylic acids is 2. The molecular formula is C31H45N3O8. The number of fused-ring (bicyclic) bond motifs is 2. The van der Waals surface area contributed by atoms with Crippen LogP contribution in [0.1, 0.15) is 39.7 Å². The molecule has 2 amide bonds. The van der Waals surface area contributed by atoms with Crippen molar-refractivity contribution in [2.24, 2.45) is 17.6 Å². The highest BCUT2D eigenvalue weighted by atomic mass is 16.6. The maximum absolute atomic E-state index is 13.0. The van der Waals surface area contributed by atoms with Gasteiger partial charge in [-0.05, 0) is 38.2 Å². The van der Waals surface area contributed by atoms with Crippen LogP contribution < -0.4 is 16.4 Å². The van der Waals surface area contributed by atoms with Gasteiger partial charge >= 0.3 is 6.09 Å². The molecule has 0 fully saturated rings. The van der Waals surface area contributed by atoms with E-state index in [1.807, 2.05) is 13.8 Å². The minimum atomic E-state index is -0.990. The predicted molar refractivity (Wildman–Crippen MR) is 162 cm³/mol. The maximum atomic E-state index is 13.0. The number of hydrogen-bond donors (Lipinski definition) is 6. The van der Waals surface area contributed by atoms with Gasteiger partial charge in [0.15, 0.2) is 6.10 Å². The molecule has 0 radical (unpaired) electrons. The lowest BCUT2D eigenvalue weighted by Crippen LogP contribution is -2.37. The van der Waals surface area contributed by atoms with Gasteiger partial charge in [-0.2, -0.15) is 0 Å². The Morgan fingerprint density at radius 1 is 1.24 bits per heavy atom. The number of amides is 2. The average molecular weight is 588 g/mol. The number of benzene rings is 1. The van der Waals surface area contributed by atoms with Crippen LogP contribution in [0.15, 0.2) is 54.2 Å². The lowest BCUT2D eigenvalue weighted by Gasteiger charge is -2.29. The molecule has 42 heavy (non-hydrogen) atoms. The molecule has 1 aliphatic heterocycles. The fraction of sp³-hybridized carbons (Fsp3) is 0.484. The third kappa shape index (κ3) is 9.10. The Balaban J connectivity index is 2.67. The molecule has 0 aromatic heterocycles. The standard InChI is InChI=1S/C31H45N3O8/c1-8-12-33-26-21-13-17(2)14-25(41-7)27(36)19(4)15-20(5)29(42-31(32)39)24(40-6)11-9-10-18(3)30(38)34-22(28(21)37)16-23(26)35/h8-11,15-17,19,24-25,27,29,33,35-37H,1,12-14H2,2-7H3,(H2,32,39)(H,34,38)/t17-,19+,24+,25?,27-,29+/m1/s1. The first-order chi connectivity index (χ1) is 19.8. The Morgan fingerprint density at radius 2 is 1.93 bits per heavy atom. The summed E-state index contributed by atoms with van der Waals surface area (Å²) in [7, 11) is 2.95. The Morgan fingerprint density at radius 3 is 2.52 bits per heavy atom. The zero-order chi connectivity index (χ0) is 31.6. The lowest BCUT2D eigenvalue weighted by molar-refractivity contribution is -0.112. The number of hydrogen-bond acceptors (Lipinski definition) is 9. The summed E-state index contributed by atoms with van der Waals surface area (Å²) in [5, 5.41) is 39.1. The number of nitrogens with two attached hydrogens (primary N) is 1. The quantitative estimate of drug-likeness (QED) is 0.162. The maximum Gasteiger partial charge on any atom is 0.405 e. The monoisotopic (exact) mass is 587 g/mol. The average Bonchev–Trinajstić information content (AvgIpc) is 2.94. The molecule has 0 saturated heterocycles. The van der Waals surface area contributed by atoms with Gasteiger partial charge in [0.1, 0.15) is 17.6 Å². The third-order valence-electron chi connectivity index (χ3n) is 7.25. The zero-order valence-electron chi connectivity index (χ0n) is 25.2. The minimum Gasteiger partial charge on any atom is -0.506 e. The molecule has 1 aromatic carbocycles. The van der Waals surface area contributed by atoms with E-state index in [1.165, 1.54) is 26.4 Å². The number of methoxy groups -OCH3 is 2. The van der Waals surface area contributed by atoms with Crippen molar-refractivity contribution in [3.8, 4) is 11.5 Å². The van der Waals surface area contributed by atoms with Crippen LogP contribution in [-0.2, 0) is 25.4 Å². The molecule has 1 heterocycles. The predicted octanol–water partition coefficient (Wildman–Crippen LogP) is 4.16. The zero-order valence-corrected chi connectivity index (χ0v) is 25.2. The number of phenolic OH excluding ortho intramolecular Hbond substituents is 2. The van der Waals surface area contributed by atoms with Crippen LogP contribution in [0.2, 0.25) is 0 Å². The summed E-state index contributed by atoms with van der Waals surface area (Å²) in [6, 6.07) is 1.28. The lowest BCUT2D eigenvalue weighted by atomic mass is 9.87. The van der Waals surface area contributed by atoms with Crippen LogP contribution in [0.5, 0.6) is 11.5 Å². The molecule has 0 spiro atoms. The Labute approximate surface area is 247 Å². The number of aromatic hydroxyl groups is 2. The molecule has 1 unspecified atom stereocenters. The summed E-state index contributed by atoms with van der Waals surface area (Å²) < 4.78 is 16.6. The van der Waals surface area contributed by atoms with E-state index >= 15 is 0 Å². The molecular weight excluding hydrogens is 542 g/mol. The Bertz CT molecular complexity index is 1210. The second-order valence-corrected chi connectivity index (χ2v) is 10.6. The summed E-state index contributed by atoms with van der Waals surface area (Å²) in [4.78, 5) is 24.7. The molecule has 7 N–H and O–H groups in total. The van der Waals surface area contributed by atoms with E-state index in [2.05, 4.69) is 17.2 Å². The fourth-order valence-corrected chi connectivity index (χ4v) is 4.98. The first-order valence-electron chi connectivity index (χ1n) is 13.8. The van der Waals surface area contributed by atoms with Gasteiger partial charge < -0.3 is 45.9 Å². The van der Waals surface area contributed by atoms with Crippen LogP contribution in [0.4, 0.5) is 16.2 Å². The van der Waals surface area contributed by atoms with Gasteiger partial charge in [0.25, 0.3) is 5.91 Å². The highest BCUT2D eigenvalue weighted by Gasteiger charge is 2.30. The summed E-state index contributed by atoms with van der Waals surface area (Å²) in [6.07, 6.45) is 4.64. The van der Waals surface area contributed by atoms with Gasteiger partial charge in [-0.15, -0.1) is 6.58 Å². The number of rotatable bonds is 6. The smallest absolute Gasteiger partial charge is 0.405 e. The van der Waals surface area contributed by atoms with Crippen molar-refractivity contribution in [3.63, 3.8) is 0 Å². The van der Waals surface area contributed by atoms with E-state index in [9.17, 15) is 24.9 Å². The molecule has 1 aromatic rings. The van der Waals surface area contributed by atoms with Crippen molar-refractivity contribution in [1.29, 1.82) is 0 Å². The van der Waals surface area contributed by atoms with Gasteiger partial charge in [-0.3, -0.25) is 4.79 Å². The SMILES string of the molecule is C=CCNc1c(O)cc2c(O)c1C[C@@H](C)CC(OC)[C@H](O)[C@@H](C)C=C(C)[C@H](OC(N)=O)[C@@H](OC)C=CC=C(C)C(=O)N2. The van der Waals surface area contributed by atoms with Gasteiger partial charge in [-0.1, -0.05) is 44.2 Å². The largest absolute Gasteiger partial charge is 0.506 e. The first-order valence-corrected chi connectivity index (χ1v) is 13.8. The van der Waals surface area contributed by atoms with Crippen LogP contribution in [-0.4, -0.2) is 72.5 Å². The van der Waals surface area contributed by atoms with Gasteiger partial charge in [0.2, 0.25) is 0 Å². The number of aliphatic hydroxyl groups excluding tert-OH is 1. The molecule has 2 rings (SSSR count). The number of aliphatic hydroxyl groups is 1. The Hall–Kier alpha value is -3.80. The number of phenols is 2.